The topological polar surface area (TPSA) is 59.3 Å². The smallest absolute Gasteiger partial charge is 0.311 e. The molecule has 0 bridgehead atoms. The highest BCUT2D eigenvalue weighted by Crippen LogP contribution is 2.30. The first-order valence-electron chi connectivity index (χ1n) is 6.56. The molecule has 5 nitrogen and oxygen atoms in total. The molecule has 0 aromatic carbocycles. The molecule has 5 heteroatoms. The zero-order valence-corrected chi connectivity index (χ0v) is 10.7. The Hall–Kier alpha value is -1.65. The van der Waals surface area contributed by atoms with Crippen molar-refractivity contribution in [2.24, 2.45) is 5.92 Å². The van der Waals surface area contributed by atoms with Gasteiger partial charge >= 0.3 is 5.69 Å². The van der Waals surface area contributed by atoms with Gasteiger partial charge in [-0.3, -0.25) is 10.1 Å². The fourth-order valence-corrected chi connectivity index (χ4v) is 2.62. The average molecular weight is 249 g/mol. The standard InChI is InChI=1S/C13H19N3O2/c1-2-4-11-6-9-15(10-7-11)13-12(16(17)18)5-3-8-14-13/h3,5,8,11H,2,4,6-7,9-10H2,1H3. The van der Waals surface area contributed by atoms with Gasteiger partial charge in [-0.1, -0.05) is 19.8 Å². The number of hydrogen-bond donors (Lipinski definition) is 0. The van der Waals surface area contributed by atoms with Crippen molar-refractivity contribution < 1.29 is 4.92 Å². The Morgan fingerprint density at radius 2 is 2.22 bits per heavy atom. The van der Waals surface area contributed by atoms with Gasteiger partial charge in [0.05, 0.1) is 4.92 Å². The van der Waals surface area contributed by atoms with E-state index in [9.17, 15) is 10.1 Å². The van der Waals surface area contributed by atoms with E-state index in [4.69, 9.17) is 0 Å². The third-order valence-electron chi connectivity index (χ3n) is 3.57. The first kappa shape index (κ1) is 12.8. The van der Waals surface area contributed by atoms with E-state index in [0.717, 1.165) is 31.8 Å². The maximum Gasteiger partial charge on any atom is 0.311 e. The molecule has 0 spiro atoms. The van der Waals surface area contributed by atoms with Gasteiger partial charge < -0.3 is 4.90 Å². The highest BCUT2D eigenvalue weighted by Gasteiger charge is 2.25. The van der Waals surface area contributed by atoms with Gasteiger partial charge in [-0.2, -0.15) is 0 Å². The molecule has 1 aliphatic rings. The number of nitro groups is 1. The number of nitrogens with zero attached hydrogens (tertiary/aromatic N) is 3. The van der Waals surface area contributed by atoms with Crippen LogP contribution in [-0.4, -0.2) is 23.0 Å². The van der Waals surface area contributed by atoms with Crippen LogP contribution in [0.4, 0.5) is 11.5 Å². The summed E-state index contributed by atoms with van der Waals surface area (Å²) in [6.07, 6.45) is 6.33. The third-order valence-corrected chi connectivity index (χ3v) is 3.57. The van der Waals surface area contributed by atoms with Gasteiger partial charge in [0.15, 0.2) is 0 Å². The molecule has 2 rings (SSSR count). The fourth-order valence-electron chi connectivity index (χ4n) is 2.62. The Morgan fingerprint density at radius 1 is 1.50 bits per heavy atom. The van der Waals surface area contributed by atoms with Gasteiger partial charge in [-0.15, -0.1) is 0 Å². The minimum absolute atomic E-state index is 0.117. The average Bonchev–Trinajstić information content (AvgIpc) is 2.40. The monoisotopic (exact) mass is 249 g/mol. The van der Waals surface area contributed by atoms with E-state index in [2.05, 4.69) is 11.9 Å². The minimum atomic E-state index is -0.347. The summed E-state index contributed by atoms with van der Waals surface area (Å²) in [5.41, 5.74) is 0.117. The number of hydrogen-bond acceptors (Lipinski definition) is 4. The van der Waals surface area contributed by atoms with Crippen LogP contribution in [0.15, 0.2) is 18.3 Å². The number of aromatic nitrogens is 1. The molecule has 0 saturated carbocycles. The van der Waals surface area contributed by atoms with Gasteiger partial charge in [-0.05, 0) is 24.8 Å². The molecule has 98 valence electrons. The fraction of sp³-hybridized carbons (Fsp3) is 0.615. The summed E-state index contributed by atoms with van der Waals surface area (Å²) in [6.45, 7) is 3.96. The van der Waals surface area contributed by atoms with Crippen LogP contribution in [0, 0.1) is 16.0 Å². The first-order valence-corrected chi connectivity index (χ1v) is 6.56. The zero-order valence-electron chi connectivity index (χ0n) is 10.7. The van der Waals surface area contributed by atoms with Crippen molar-refractivity contribution in [1.82, 2.24) is 4.98 Å². The number of pyridine rings is 1. The molecule has 0 unspecified atom stereocenters. The quantitative estimate of drug-likeness (QED) is 0.608. The van der Waals surface area contributed by atoms with Crippen LogP contribution < -0.4 is 4.90 Å². The van der Waals surface area contributed by atoms with Crippen LogP contribution in [0.2, 0.25) is 0 Å². The number of piperidine rings is 1. The maximum absolute atomic E-state index is 11.0. The van der Waals surface area contributed by atoms with Gasteiger partial charge in [0.2, 0.25) is 5.82 Å². The highest BCUT2D eigenvalue weighted by atomic mass is 16.6. The number of rotatable bonds is 4. The molecule has 0 atom stereocenters. The minimum Gasteiger partial charge on any atom is -0.351 e. The molecule has 0 aliphatic carbocycles. The van der Waals surface area contributed by atoms with Crippen molar-refractivity contribution >= 4 is 11.5 Å². The predicted molar refractivity (Wildman–Crippen MR) is 70.7 cm³/mol. The second-order valence-corrected chi connectivity index (χ2v) is 4.82. The Morgan fingerprint density at radius 3 is 2.83 bits per heavy atom. The molecule has 1 saturated heterocycles. The molecule has 0 N–H and O–H groups in total. The van der Waals surface area contributed by atoms with Gasteiger partial charge in [0.1, 0.15) is 0 Å². The van der Waals surface area contributed by atoms with Crippen molar-refractivity contribution in [3.63, 3.8) is 0 Å². The van der Waals surface area contributed by atoms with Crippen LogP contribution in [0.1, 0.15) is 32.6 Å². The highest BCUT2D eigenvalue weighted by molar-refractivity contribution is 5.57. The van der Waals surface area contributed by atoms with Crippen LogP contribution >= 0.6 is 0 Å². The summed E-state index contributed by atoms with van der Waals surface area (Å²) in [7, 11) is 0. The van der Waals surface area contributed by atoms with Crippen molar-refractivity contribution in [1.29, 1.82) is 0 Å². The Kier molecular flexibility index (Phi) is 4.12. The molecule has 1 fully saturated rings. The molecular formula is C13H19N3O2. The molecule has 1 aromatic heterocycles. The summed E-state index contributed by atoms with van der Waals surface area (Å²) in [4.78, 5) is 16.8. The SMILES string of the molecule is CCCC1CCN(c2ncccc2[N+](=O)[O-])CC1. The molecular weight excluding hydrogens is 230 g/mol. The lowest BCUT2D eigenvalue weighted by Gasteiger charge is -2.32. The van der Waals surface area contributed by atoms with Crippen LogP contribution in [-0.2, 0) is 0 Å². The molecule has 2 heterocycles. The summed E-state index contributed by atoms with van der Waals surface area (Å²) < 4.78 is 0. The van der Waals surface area contributed by atoms with Crippen LogP contribution in [0.3, 0.4) is 0 Å². The van der Waals surface area contributed by atoms with Crippen LogP contribution in [0.5, 0.6) is 0 Å². The van der Waals surface area contributed by atoms with E-state index in [1.807, 2.05) is 4.90 Å². The van der Waals surface area contributed by atoms with E-state index in [0.29, 0.717) is 5.82 Å². The van der Waals surface area contributed by atoms with Crippen molar-refractivity contribution in [2.75, 3.05) is 18.0 Å². The second kappa shape index (κ2) is 5.80. The lowest BCUT2D eigenvalue weighted by Crippen LogP contribution is -2.34. The van der Waals surface area contributed by atoms with E-state index >= 15 is 0 Å². The summed E-state index contributed by atoms with van der Waals surface area (Å²) in [6, 6.07) is 3.14. The van der Waals surface area contributed by atoms with Crippen molar-refractivity contribution in [3.05, 3.63) is 28.4 Å². The van der Waals surface area contributed by atoms with Gasteiger partial charge in [0.25, 0.3) is 0 Å². The summed E-state index contributed by atoms with van der Waals surface area (Å²) >= 11 is 0. The largest absolute Gasteiger partial charge is 0.351 e. The second-order valence-electron chi connectivity index (χ2n) is 4.82. The predicted octanol–water partition coefficient (Wildman–Crippen LogP) is 3.01. The van der Waals surface area contributed by atoms with E-state index in [1.165, 1.54) is 18.9 Å². The lowest BCUT2D eigenvalue weighted by molar-refractivity contribution is -0.384. The van der Waals surface area contributed by atoms with Gasteiger partial charge in [-0.25, -0.2) is 4.98 Å². The normalized spacial score (nSPS) is 16.8. The zero-order chi connectivity index (χ0) is 13.0. The Balaban J connectivity index is 2.07. The lowest BCUT2D eigenvalue weighted by atomic mass is 9.92. The molecule has 0 amide bonds. The van der Waals surface area contributed by atoms with E-state index < -0.39 is 0 Å². The van der Waals surface area contributed by atoms with E-state index in [1.54, 1.807) is 12.3 Å². The molecule has 1 aliphatic heterocycles. The van der Waals surface area contributed by atoms with Crippen LogP contribution in [0.25, 0.3) is 0 Å². The molecule has 1 aromatic rings. The van der Waals surface area contributed by atoms with Gasteiger partial charge in [0, 0.05) is 25.4 Å². The molecule has 0 radical (unpaired) electrons. The summed E-state index contributed by atoms with van der Waals surface area (Å²) in [5.74, 6) is 1.30. The van der Waals surface area contributed by atoms with Crippen molar-refractivity contribution in [2.45, 2.75) is 32.6 Å². The van der Waals surface area contributed by atoms with Crippen molar-refractivity contribution in [3.8, 4) is 0 Å². The summed E-state index contributed by atoms with van der Waals surface area (Å²) in [5, 5.41) is 11.0. The van der Waals surface area contributed by atoms with E-state index in [-0.39, 0.29) is 10.6 Å². The molecule has 18 heavy (non-hydrogen) atoms. The Labute approximate surface area is 107 Å². The Bertz CT molecular complexity index is 414. The maximum atomic E-state index is 11.0. The number of anilines is 1. The third kappa shape index (κ3) is 2.78. The first-order chi connectivity index (χ1) is 8.72.